The van der Waals surface area contributed by atoms with E-state index in [4.69, 9.17) is 0 Å². The molecule has 0 bridgehead atoms. The Morgan fingerprint density at radius 1 is 1.16 bits per heavy atom. The van der Waals surface area contributed by atoms with Gasteiger partial charge in [-0.2, -0.15) is 0 Å². The molecule has 1 saturated heterocycles. The quantitative estimate of drug-likeness (QED) is 0.443. The summed E-state index contributed by atoms with van der Waals surface area (Å²) >= 11 is 2.72. The fraction of sp³-hybridized carbons (Fsp3) is 0.348. The summed E-state index contributed by atoms with van der Waals surface area (Å²) in [5, 5.41) is 6.99. The topological polar surface area (TPSA) is 86.4 Å². The van der Waals surface area contributed by atoms with Gasteiger partial charge in [0.15, 0.2) is 5.13 Å². The molecule has 0 radical (unpaired) electrons. The lowest BCUT2D eigenvalue weighted by atomic mass is 10.00. The maximum absolute atomic E-state index is 12.6. The summed E-state index contributed by atoms with van der Waals surface area (Å²) in [6, 6.07) is 14.8. The van der Waals surface area contributed by atoms with Crippen LogP contribution in [0, 0.1) is 0 Å². The highest BCUT2D eigenvalue weighted by molar-refractivity contribution is 7.14. The molecular formula is C23H27N5O2S2. The number of rotatable bonds is 9. The molecule has 0 spiro atoms. The molecule has 2 aromatic heterocycles. The van der Waals surface area contributed by atoms with Crippen molar-refractivity contribution in [3.05, 3.63) is 69.4 Å². The van der Waals surface area contributed by atoms with Gasteiger partial charge in [-0.15, -0.1) is 22.7 Å². The van der Waals surface area contributed by atoms with Crippen LogP contribution in [0.2, 0.25) is 0 Å². The number of thiazole rings is 1. The molecule has 0 aliphatic carbocycles. The molecule has 3 heterocycles. The number of carbonyl (C=O) groups excluding carboxylic acids is 2. The molecule has 0 saturated carbocycles. The SMILES string of the molecule is CN(CCCC1CC(c2ccccc2)NN1)C(=O)Cc1csc(NC(=O)c2cccs2)n1. The minimum Gasteiger partial charge on any atom is -0.345 e. The number of hydrazine groups is 1. The van der Waals surface area contributed by atoms with E-state index in [9.17, 15) is 9.59 Å². The molecule has 7 nitrogen and oxygen atoms in total. The summed E-state index contributed by atoms with van der Waals surface area (Å²) in [7, 11) is 1.83. The van der Waals surface area contributed by atoms with E-state index < -0.39 is 0 Å². The van der Waals surface area contributed by atoms with Crippen molar-refractivity contribution in [3.63, 3.8) is 0 Å². The first kappa shape index (κ1) is 22.6. The normalized spacial score (nSPS) is 17.9. The Kier molecular flexibility index (Phi) is 7.64. The average molecular weight is 470 g/mol. The van der Waals surface area contributed by atoms with E-state index in [2.05, 4.69) is 45.4 Å². The van der Waals surface area contributed by atoms with Crippen LogP contribution in [0.4, 0.5) is 5.13 Å². The molecule has 9 heteroatoms. The van der Waals surface area contributed by atoms with Gasteiger partial charge in [0.25, 0.3) is 5.91 Å². The summed E-state index contributed by atoms with van der Waals surface area (Å²) < 4.78 is 0. The second-order valence-corrected chi connectivity index (χ2v) is 9.70. The molecule has 4 rings (SSSR count). The third-order valence-electron chi connectivity index (χ3n) is 5.51. The van der Waals surface area contributed by atoms with Gasteiger partial charge in [-0.1, -0.05) is 36.4 Å². The number of hydrogen-bond acceptors (Lipinski definition) is 7. The average Bonchev–Trinajstić information content (AvgIpc) is 3.57. The maximum atomic E-state index is 12.6. The Labute approximate surface area is 195 Å². The van der Waals surface area contributed by atoms with Crippen molar-refractivity contribution in [1.29, 1.82) is 0 Å². The lowest BCUT2D eigenvalue weighted by molar-refractivity contribution is -0.129. The molecule has 32 heavy (non-hydrogen) atoms. The summed E-state index contributed by atoms with van der Waals surface area (Å²) in [6.07, 6.45) is 3.22. The zero-order valence-corrected chi connectivity index (χ0v) is 19.5. The van der Waals surface area contributed by atoms with Crippen molar-refractivity contribution in [1.82, 2.24) is 20.7 Å². The second-order valence-electron chi connectivity index (χ2n) is 7.89. The van der Waals surface area contributed by atoms with Crippen LogP contribution in [0.1, 0.15) is 46.2 Å². The number of nitrogens with zero attached hydrogens (tertiary/aromatic N) is 2. The first-order valence-electron chi connectivity index (χ1n) is 10.7. The van der Waals surface area contributed by atoms with Crippen molar-refractivity contribution >= 4 is 39.6 Å². The molecule has 1 aliphatic rings. The van der Waals surface area contributed by atoms with E-state index >= 15 is 0 Å². The largest absolute Gasteiger partial charge is 0.345 e. The maximum Gasteiger partial charge on any atom is 0.267 e. The third-order valence-corrected chi connectivity index (χ3v) is 7.18. The number of thiophene rings is 1. The van der Waals surface area contributed by atoms with Gasteiger partial charge in [-0.3, -0.25) is 25.8 Å². The Balaban J connectivity index is 1.17. The van der Waals surface area contributed by atoms with E-state index in [1.807, 2.05) is 29.9 Å². The Morgan fingerprint density at radius 3 is 2.78 bits per heavy atom. The number of nitrogens with one attached hydrogen (secondary N) is 3. The molecular weight excluding hydrogens is 442 g/mol. The molecule has 3 N–H and O–H groups in total. The molecule has 2 unspecified atom stereocenters. The number of likely N-dealkylation sites (N-methyl/N-ethyl adjacent to an activating group) is 1. The van der Waals surface area contributed by atoms with Gasteiger partial charge in [0, 0.05) is 31.1 Å². The lowest BCUT2D eigenvalue weighted by Crippen LogP contribution is -2.33. The zero-order valence-electron chi connectivity index (χ0n) is 17.9. The van der Waals surface area contributed by atoms with Gasteiger partial charge in [-0.25, -0.2) is 4.98 Å². The van der Waals surface area contributed by atoms with Gasteiger partial charge < -0.3 is 4.90 Å². The number of aromatic nitrogens is 1. The smallest absolute Gasteiger partial charge is 0.267 e. The van der Waals surface area contributed by atoms with Crippen LogP contribution in [0.5, 0.6) is 0 Å². The summed E-state index contributed by atoms with van der Waals surface area (Å²) in [4.78, 5) is 31.5. The van der Waals surface area contributed by atoms with Crippen molar-refractivity contribution in [2.75, 3.05) is 18.9 Å². The van der Waals surface area contributed by atoms with Crippen LogP contribution >= 0.6 is 22.7 Å². The lowest BCUT2D eigenvalue weighted by Gasteiger charge is -2.18. The molecule has 2 atom stereocenters. The highest BCUT2D eigenvalue weighted by Gasteiger charge is 2.24. The van der Waals surface area contributed by atoms with Crippen LogP contribution in [0.15, 0.2) is 53.2 Å². The molecule has 1 aliphatic heterocycles. The monoisotopic (exact) mass is 469 g/mol. The minimum atomic E-state index is -0.172. The van der Waals surface area contributed by atoms with Crippen LogP contribution in [-0.2, 0) is 11.2 Å². The Morgan fingerprint density at radius 2 is 2.00 bits per heavy atom. The fourth-order valence-electron chi connectivity index (χ4n) is 3.72. The molecule has 1 fully saturated rings. The van der Waals surface area contributed by atoms with E-state index in [-0.39, 0.29) is 18.2 Å². The zero-order chi connectivity index (χ0) is 22.3. The summed E-state index contributed by atoms with van der Waals surface area (Å²) in [6.45, 7) is 0.707. The van der Waals surface area contributed by atoms with Crippen LogP contribution in [-0.4, -0.2) is 41.3 Å². The number of hydrogen-bond donors (Lipinski definition) is 3. The van der Waals surface area contributed by atoms with E-state index in [0.717, 1.165) is 19.3 Å². The molecule has 1 aromatic carbocycles. The highest BCUT2D eigenvalue weighted by atomic mass is 32.1. The van der Waals surface area contributed by atoms with Crippen LogP contribution in [0.3, 0.4) is 0 Å². The number of benzene rings is 1. The fourth-order valence-corrected chi connectivity index (χ4v) is 5.04. The van der Waals surface area contributed by atoms with Gasteiger partial charge in [0.1, 0.15) is 0 Å². The number of anilines is 1. The van der Waals surface area contributed by atoms with Gasteiger partial charge in [0.2, 0.25) is 5.91 Å². The van der Waals surface area contributed by atoms with Gasteiger partial charge in [0.05, 0.1) is 17.0 Å². The standard InChI is InChI=1S/C23H27N5O2S2/c1-28(11-5-9-17-13-19(27-26-17)16-7-3-2-4-8-16)21(29)14-18-15-32-23(24-18)25-22(30)20-10-6-12-31-20/h2-4,6-8,10,12,15,17,19,26-27H,5,9,11,13-14H2,1H3,(H,24,25,30). The van der Waals surface area contributed by atoms with Crippen molar-refractivity contribution < 1.29 is 9.59 Å². The molecule has 168 valence electrons. The van der Waals surface area contributed by atoms with E-state index in [1.54, 1.807) is 11.0 Å². The predicted octanol–water partition coefficient (Wildman–Crippen LogP) is 3.85. The van der Waals surface area contributed by atoms with E-state index in [0.29, 0.717) is 34.3 Å². The summed E-state index contributed by atoms with van der Waals surface area (Å²) in [5.41, 5.74) is 8.73. The first-order valence-corrected chi connectivity index (χ1v) is 12.4. The second kappa shape index (κ2) is 10.8. The molecule has 3 aromatic rings. The third kappa shape index (κ3) is 6.01. The van der Waals surface area contributed by atoms with Gasteiger partial charge in [-0.05, 0) is 36.3 Å². The number of carbonyl (C=O) groups is 2. The van der Waals surface area contributed by atoms with Crippen molar-refractivity contribution in [3.8, 4) is 0 Å². The Bertz CT molecular complexity index is 1020. The molecule has 2 amide bonds. The van der Waals surface area contributed by atoms with Crippen molar-refractivity contribution in [2.24, 2.45) is 0 Å². The van der Waals surface area contributed by atoms with Crippen LogP contribution < -0.4 is 16.2 Å². The predicted molar refractivity (Wildman–Crippen MR) is 129 cm³/mol. The first-order chi connectivity index (χ1) is 15.6. The van der Waals surface area contributed by atoms with Crippen LogP contribution in [0.25, 0.3) is 0 Å². The Hall–Kier alpha value is -2.59. The van der Waals surface area contributed by atoms with Crippen molar-refractivity contribution in [2.45, 2.75) is 37.8 Å². The van der Waals surface area contributed by atoms with E-state index in [1.165, 1.54) is 28.2 Å². The number of amides is 2. The van der Waals surface area contributed by atoms with Gasteiger partial charge >= 0.3 is 0 Å². The minimum absolute atomic E-state index is 0.0334. The summed E-state index contributed by atoms with van der Waals surface area (Å²) in [5.74, 6) is -0.139. The highest BCUT2D eigenvalue weighted by Crippen LogP contribution is 2.24.